The molecule has 0 aliphatic rings. The van der Waals surface area contributed by atoms with Crippen LogP contribution in [0.2, 0.25) is 0 Å². The van der Waals surface area contributed by atoms with Crippen LogP contribution in [0.5, 0.6) is 5.75 Å². The van der Waals surface area contributed by atoms with E-state index in [1.165, 1.54) is 23.1 Å². The van der Waals surface area contributed by atoms with Crippen LogP contribution in [0.25, 0.3) is 21.5 Å². The molecule has 2 heterocycles. The van der Waals surface area contributed by atoms with Crippen LogP contribution in [0, 0.1) is 0 Å². The summed E-state index contributed by atoms with van der Waals surface area (Å²) >= 11 is 2.80. The molecule has 0 bridgehead atoms. The number of hydrogen-bond donors (Lipinski definition) is 1. The highest BCUT2D eigenvalue weighted by molar-refractivity contribution is 7.99. The highest BCUT2D eigenvalue weighted by Gasteiger charge is 2.09. The standard InChI is InChI=1S/C21H18N4O2S2/c1-2-27-15-9-7-14(8-10-15)16-11-12-20(25-24-16)28-13-19(26)23-21-22-17-5-3-4-6-18(17)29-21/h3-12H,2,13H2,1H3,(H,22,23,26). The Bertz CT molecular complexity index is 1080. The minimum atomic E-state index is -0.119. The Morgan fingerprint density at radius 3 is 2.62 bits per heavy atom. The van der Waals surface area contributed by atoms with Crippen LogP contribution in [0.15, 0.2) is 65.7 Å². The molecule has 8 heteroatoms. The van der Waals surface area contributed by atoms with E-state index in [9.17, 15) is 4.79 Å². The van der Waals surface area contributed by atoms with E-state index in [2.05, 4.69) is 20.5 Å². The van der Waals surface area contributed by atoms with E-state index >= 15 is 0 Å². The number of amides is 1. The second-order valence-corrected chi connectivity index (χ2v) is 8.06. The number of fused-ring (bicyclic) bond motifs is 1. The van der Waals surface area contributed by atoms with Gasteiger partial charge in [0.15, 0.2) is 5.13 Å². The highest BCUT2D eigenvalue weighted by Crippen LogP contribution is 2.26. The molecule has 6 nitrogen and oxygen atoms in total. The molecule has 0 saturated carbocycles. The van der Waals surface area contributed by atoms with Gasteiger partial charge in [-0.25, -0.2) is 4.98 Å². The maximum absolute atomic E-state index is 12.2. The molecule has 0 fully saturated rings. The van der Waals surface area contributed by atoms with Gasteiger partial charge in [0, 0.05) is 5.56 Å². The summed E-state index contributed by atoms with van der Waals surface area (Å²) < 4.78 is 6.50. The Balaban J connectivity index is 1.33. The van der Waals surface area contributed by atoms with E-state index < -0.39 is 0 Å². The average Bonchev–Trinajstić information content (AvgIpc) is 3.16. The molecule has 1 N–H and O–H groups in total. The summed E-state index contributed by atoms with van der Waals surface area (Å²) in [4.78, 5) is 16.6. The third-order valence-electron chi connectivity index (χ3n) is 3.99. The lowest BCUT2D eigenvalue weighted by Crippen LogP contribution is -2.13. The highest BCUT2D eigenvalue weighted by atomic mass is 32.2. The molecular weight excluding hydrogens is 404 g/mol. The van der Waals surface area contributed by atoms with E-state index in [-0.39, 0.29) is 11.7 Å². The quantitative estimate of drug-likeness (QED) is 0.428. The van der Waals surface area contributed by atoms with Crippen LogP contribution in [0.4, 0.5) is 5.13 Å². The van der Waals surface area contributed by atoms with Gasteiger partial charge in [-0.05, 0) is 55.5 Å². The summed E-state index contributed by atoms with van der Waals surface area (Å²) in [5.41, 5.74) is 2.62. The molecule has 0 radical (unpaired) electrons. The van der Waals surface area contributed by atoms with Crippen LogP contribution in [0.1, 0.15) is 6.92 Å². The molecule has 0 saturated heterocycles. The molecule has 4 rings (SSSR count). The summed E-state index contributed by atoms with van der Waals surface area (Å²) in [6.45, 7) is 2.59. The first kappa shape index (κ1) is 19.4. The Labute approximate surface area is 176 Å². The zero-order valence-corrected chi connectivity index (χ0v) is 17.3. The number of thioether (sulfide) groups is 1. The molecule has 4 aromatic rings. The molecule has 0 spiro atoms. The fourth-order valence-electron chi connectivity index (χ4n) is 2.66. The number of aromatic nitrogens is 3. The van der Waals surface area contributed by atoms with Gasteiger partial charge in [0.05, 0.1) is 28.3 Å². The number of carbonyl (C=O) groups is 1. The van der Waals surface area contributed by atoms with Crippen molar-refractivity contribution in [3.8, 4) is 17.0 Å². The van der Waals surface area contributed by atoms with E-state index in [4.69, 9.17) is 4.74 Å². The first-order chi connectivity index (χ1) is 14.2. The second-order valence-electron chi connectivity index (χ2n) is 6.04. The Morgan fingerprint density at radius 1 is 1.07 bits per heavy atom. The zero-order valence-electron chi connectivity index (χ0n) is 15.7. The third-order valence-corrected chi connectivity index (χ3v) is 5.86. The van der Waals surface area contributed by atoms with Crippen molar-refractivity contribution in [1.29, 1.82) is 0 Å². The van der Waals surface area contributed by atoms with Crippen LogP contribution in [-0.4, -0.2) is 33.4 Å². The van der Waals surface area contributed by atoms with Crippen LogP contribution in [0.3, 0.4) is 0 Å². The van der Waals surface area contributed by atoms with Gasteiger partial charge in [-0.3, -0.25) is 4.79 Å². The minimum Gasteiger partial charge on any atom is -0.494 e. The number of hydrogen-bond acceptors (Lipinski definition) is 7. The molecule has 29 heavy (non-hydrogen) atoms. The normalized spacial score (nSPS) is 10.8. The topological polar surface area (TPSA) is 77.0 Å². The van der Waals surface area contributed by atoms with Gasteiger partial charge in [-0.1, -0.05) is 35.2 Å². The summed E-state index contributed by atoms with van der Waals surface area (Å²) in [6, 6.07) is 19.3. The predicted octanol–water partition coefficient (Wildman–Crippen LogP) is 4.88. The van der Waals surface area contributed by atoms with Gasteiger partial charge in [-0.15, -0.1) is 10.2 Å². The Morgan fingerprint density at radius 2 is 1.90 bits per heavy atom. The summed E-state index contributed by atoms with van der Waals surface area (Å²) in [7, 11) is 0. The minimum absolute atomic E-state index is 0.119. The maximum Gasteiger partial charge on any atom is 0.236 e. The maximum atomic E-state index is 12.2. The van der Waals surface area contributed by atoms with Crippen LogP contribution in [-0.2, 0) is 4.79 Å². The van der Waals surface area contributed by atoms with Crippen molar-refractivity contribution in [3.63, 3.8) is 0 Å². The monoisotopic (exact) mass is 422 g/mol. The van der Waals surface area contributed by atoms with E-state index in [0.29, 0.717) is 16.8 Å². The van der Waals surface area contributed by atoms with Crippen molar-refractivity contribution in [2.75, 3.05) is 17.7 Å². The molecule has 146 valence electrons. The lowest BCUT2D eigenvalue weighted by molar-refractivity contribution is -0.113. The molecule has 1 amide bonds. The molecule has 0 aliphatic carbocycles. The van der Waals surface area contributed by atoms with Crippen molar-refractivity contribution in [2.45, 2.75) is 11.9 Å². The fourth-order valence-corrected chi connectivity index (χ4v) is 4.16. The number of thiazole rings is 1. The molecule has 0 aliphatic heterocycles. The van der Waals surface area contributed by atoms with E-state index in [0.717, 1.165) is 27.2 Å². The number of benzene rings is 2. The molecule has 0 atom stereocenters. The van der Waals surface area contributed by atoms with Crippen molar-refractivity contribution >= 4 is 44.4 Å². The number of nitrogens with one attached hydrogen (secondary N) is 1. The van der Waals surface area contributed by atoms with E-state index in [1.54, 1.807) is 0 Å². The lowest BCUT2D eigenvalue weighted by Gasteiger charge is -2.05. The smallest absolute Gasteiger partial charge is 0.236 e. The number of ether oxygens (including phenoxy) is 1. The SMILES string of the molecule is CCOc1ccc(-c2ccc(SCC(=O)Nc3nc4ccccc4s3)nn2)cc1. The van der Waals surface area contributed by atoms with Gasteiger partial charge in [0.1, 0.15) is 10.8 Å². The summed E-state index contributed by atoms with van der Waals surface area (Å²) in [6.07, 6.45) is 0. The van der Waals surface area contributed by atoms with Gasteiger partial charge in [-0.2, -0.15) is 0 Å². The number of nitrogens with zero attached hydrogens (tertiary/aromatic N) is 3. The first-order valence-corrected chi connectivity index (χ1v) is 10.9. The molecule has 2 aromatic heterocycles. The number of anilines is 1. The fraction of sp³-hybridized carbons (Fsp3) is 0.143. The van der Waals surface area contributed by atoms with Gasteiger partial charge in [0.2, 0.25) is 5.91 Å². The Kier molecular flexibility index (Phi) is 6.02. The molecule has 0 unspecified atom stereocenters. The van der Waals surface area contributed by atoms with Crippen LogP contribution < -0.4 is 10.1 Å². The lowest BCUT2D eigenvalue weighted by atomic mass is 10.1. The molecular formula is C21H18N4O2S2. The van der Waals surface area contributed by atoms with Crippen molar-refractivity contribution in [3.05, 3.63) is 60.7 Å². The predicted molar refractivity (Wildman–Crippen MR) is 118 cm³/mol. The van der Waals surface area contributed by atoms with Gasteiger partial charge in [0.25, 0.3) is 0 Å². The van der Waals surface area contributed by atoms with Gasteiger partial charge >= 0.3 is 0 Å². The zero-order chi connectivity index (χ0) is 20.1. The first-order valence-electron chi connectivity index (χ1n) is 9.06. The summed E-state index contributed by atoms with van der Waals surface area (Å²) in [5.74, 6) is 0.953. The molecule has 2 aromatic carbocycles. The van der Waals surface area contributed by atoms with Gasteiger partial charge < -0.3 is 10.1 Å². The number of para-hydroxylation sites is 1. The number of rotatable bonds is 7. The Hall–Kier alpha value is -2.97. The van der Waals surface area contributed by atoms with Crippen LogP contribution >= 0.6 is 23.1 Å². The van der Waals surface area contributed by atoms with Crippen molar-refractivity contribution < 1.29 is 9.53 Å². The van der Waals surface area contributed by atoms with Crippen molar-refractivity contribution in [1.82, 2.24) is 15.2 Å². The average molecular weight is 423 g/mol. The number of carbonyl (C=O) groups excluding carboxylic acids is 1. The largest absolute Gasteiger partial charge is 0.494 e. The van der Waals surface area contributed by atoms with E-state index in [1.807, 2.05) is 67.6 Å². The van der Waals surface area contributed by atoms with Crippen molar-refractivity contribution in [2.24, 2.45) is 0 Å². The second kappa shape index (κ2) is 9.02. The summed E-state index contributed by atoms with van der Waals surface area (Å²) in [5, 5.41) is 12.6. The third kappa shape index (κ3) is 4.90.